The summed E-state index contributed by atoms with van der Waals surface area (Å²) in [4.78, 5) is 17.2. The second kappa shape index (κ2) is 6.60. The SMILES string of the molecule is Cc1nc(CCNCCC(=O)N(C)C)cs1. The summed E-state index contributed by atoms with van der Waals surface area (Å²) in [6.07, 6.45) is 1.49. The predicted molar refractivity (Wildman–Crippen MR) is 66.7 cm³/mol. The van der Waals surface area contributed by atoms with Crippen LogP contribution < -0.4 is 5.32 Å². The van der Waals surface area contributed by atoms with Gasteiger partial charge in [-0.25, -0.2) is 4.98 Å². The number of hydrogen-bond donors (Lipinski definition) is 1. The van der Waals surface area contributed by atoms with E-state index in [0.717, 1.165) is 30.2 Å². The summed E-state index contributed by atoms with van der Waals surface area (Å²) in [6, 6.07) is 0. The Kier molecular flexibility index (Phi) is 5.42. The van der Waals surface area contributed by atoms with Crippen molar-refractivity contribution in [3.05, 3.63) is 16.1 Å². The van der Waals surface area contributed by atoms with Crippen LogP contribution >= 0.6 is 11.3 Å². The van der Waals surface area contributed by atoms with Gasteiger partial charge in [0, 0.05) is 45.4 Å². The highest BCUT2D eigenvalue weighted by molar-refractivity contribution is 7.09. The predicted octanol–water partition coefficient (Wildman–Crippen LogP) is 1.06. The van der Waals surface area contributed by atoms with Gasteiger partial charge >= 0.3 is 0 Å². The summed E-state index contributed by atoms with van der Waals surface area (Å²) in [7, 11) is 3.56. The lowest BCUT2D eigenvalue weighted by Gasteiger charge is -2.10. The molecule has 1 aromatic rings. The zero-order chi connectivity index (χ0) is 12.0. The van der Waals surface area contributed by atoms with E-state index in [1.165, 1.54) is 0 Å². The molecule has 0 aliphatic rings. The Morgan fingerprint density at radius 3 is 2.81 bits per heavy atom. The van der Waals surface area contributed by atoms with E-state index in [-0.39, 0.29) is 5.91 Å². The molecule has 0 atom stereocenters. The molecule has 0 aliphatic heterocycles. The number of carbonyl (C=O) groups is 1. The highest BCUT2D eigenvalue weighted by Crippen LogP contribution is 2.07. The van der Waals surface area contributed by atoms with Gasteiger partial charge in [-0.2, -0.15) is 0 Å². The molecule has 0 unspecified atom stereocenters. The zero-order valence-electron chi connectivity index (χ0n) is 10.1. The third-order valence-corrected chi connectivity index (χ3v) is 3.06. The number of thiazole rings is 1. The first-order valence-corrected chi connectivity index (χ1v) is 6.29. The third-order valence-electron chi connectivity index (χ3n) is 2.24. The lowest BCUT2D eigenvalue weighted by Crippen LogP contribution is -2.27. The zero-order valence-corrected chi connectivity index (χ0v) is 10.9. The van der Waals surface area contributed by atoms with Crippen LogP contribution in [-0.2, 0) is 11.2 Å². The van der Waals surface area contributed by atoms with Gasteiger partial charge in [0.1, 0.15) is 0 Å². The molecule has 0 fully saturated rings. The van der Waals surface area contributed by atoms with Crippen molar-refractivity contribution >= 4 is 17.2 Å². The number of rotatable bonds is 6. The van der Waals surface area contributed by atoms with E-state index in [9.17, 15) is 4.79 Å². The first-order valence-electron chi connectivity index (χ1n) is 5.41. The Balaban J connectivity index is 2.06. The van der Waals surface area contributed by atoms with Gasteiger partial charge in [-0.3, -0.25) is 4.79 Å². The van der Waals surface area contributed by atoms with Gasteiger partial charge < -0.3 is 10.2 Å². The van der Waals surface area contributed by atoms with Gasteiger partial charge in [0.25, 0.3) is 0 Å². The Hall–Kier alpha value is -0.940. The molecule has 1 heterocycles. The molecule has 0 radical (unpaired) electrons. The summed E-state index contributed by atoms with van der Waals surface area (Å²) in [6.45, 7) is 3.63. The van der Waals surface area contributed by atoms with Crippen molar-refractivity contribution in [3.63, 3.8) is 0 Å². The highest BCUT2D eigenvalue weighted by Gasteiger charge is 2.02. The van der Waals surface area contributed by atoms with Crippen LogP contribution in [0.2, 0.25) is 0 Å². The van der Waals surface area contributed by atoms with Gasteiger partial charge in [0.2, 0.25) is 5.91 Å². The number of carbonyl (C=O) groups excluding carboxylic acids is 1. The smallest absolute Gasteiger partial charge is 0.223 e. The first-order chi connectivity index (χ1) is 7.59. The summed E-state index contributed by atoms with van der Waals surface area (Å²) in [5, 5.41) is 6.44. The van der Waals surface area contributed by atoms with Crippen LogP contribution in [0.25, 0.3) is 0 Å². The molecule has 1 amide bonds. The first kappa shape index (κ1) is 13.1. The lowest BCUT2D eigenvalue weighted by molar-refractivity contribution is -0.128. The van der Waals surface area contributed by atoms with Crippen molar-refractivity contribution in [2.24, 2.45) is 0 Å². The second-order valence-corrected chi connectivity index (χ2v) is 4.96. The maximum absolute atomic E-state index is 11.3. The number of nitrogens with one attached hydrogen (secondary N) is 1. The van der Waals surface area contributed by atoms with Crippen molar-refractivity contribution in [1.82, 2.24) is 15.2 Å². The molecule has 0 saturated carbocycles. The Labute approximate surface area is 101 Å². The minimum atomic E-state index is 0.164. The van der Waals surface area contributed by atoms with Crippen molar-refractivity contribution in [3.8, 4) is 0 Å². The molecule has 0 bridgehead atoms. The van der Waals surface area contributed by atoms with Crippen molar-refractivity contribution in [2.75, 3.05) is 27.2 Å². The van der Waals surface area contributed by atoms with E-state index in [1.807, 2.05) is 6.92 Å². The van der Waals surface area contributed by atoms with Crippen molar-refractivity contribution < 1.29 is 4.79 Å². The standard InChI is InChI=1S/C11H19N3OS/c1-9-13-10(8-16-9)4-6-12-7-5-11(15)14(2)3/h8,12H,4-7H2,1-3H3. The van der Waals surface area contributed by atoms with Crippen LogP contribution in [0.1, 0.15) is 17.1 Å². The van der Waals surface area contributed by atoms with Crippen LogP contribution in [0.15, 0.2) is 5.38 Å². The fourth-order valence-electron chi connectivity index (χ4n) is 1.28. The molecular weight excluding hydrogens is 222 g/mol. The van der Waals surface area contributed by atoms with Gasteiger partial charge in [0.15, 0.2) is 0 Å². The topological polar surface area (TPSA) is 45.2 Å². The molecule has 4 nitrogen and oxygen atoms in total. The van der Waals surface area contributed by atoms with E-state index in [1.54, 1.807) is 30.3 Å². The molecule has 16 heavy (non-hydrogen) atoms. The van der Waals surface area contributed by atoms with Crippen molar-refractivity contribution in [1.29, 1.82) is 0 Å². The average molecular weight is 241 g/mol. The van der Waals surface area contributed by atoms with Crippen LogP contribution in [-0.4, -0.2) is 43.0 Å². The molecule has 1 N–H and O–H groups in total. The molecule has 0 aliphatic carbocycles. The largest absolute Gasteiger partial charge is 0.349 e. The molecule has 90 valence electrons. The average Bonchev–Trinajstić information content (AvgIpc) is 2.63. The fraction of sp³-hybridized carbons (Fsp3) is 0.636. The molecule has 5 heteroatoms. The number of amides is 1. The maximum atomic E-state index is 11.3. The third kappa shape index (κ3) is 4.72. The number of nitrogens with zero attached hydrogens (tertiary/aromatic N) is 2. The molecule has 0 aromatic carbocycles. The van der Waals surface area contributed by atoms with Crippen LogP contribution in [0.3, 0.4) is 0 Å². The van der Waals surface area contributed by atoms with Gasteiger partial charge in [-0.1, -0.05) is 0 Å². The minimum absolute atomic E-state index is 0.164. The van der Waals surface area contributed by atoms with E-state index >= 15 is 0 Å². The molecule has 1 rings (SSSR count). The summed E-state index contributed by atoms with van der Waals surface area (Å²) >= 11 is 1.68. The van der Waals surface area contributed by atoms with Crippen LogP contribution in [0, 0.1) is 6.92 Å². The van der Waals surface area contributed by atoms with E-state index in [4.69, 9.17) is 0 Å². The summed E-state index contributed by atoms with van der Waals surface area (Å²) < 4.78 is 0. The van der Waals surface area contributed by atoms with E-state index in [0.29, 0.717) is 6.42 Å². The molecule has 0 saturated heterocycles. The van der Waals surface area contributed by atoms with Gasteiger partial charge in [-0.05, 0) is 6.92 Å². The van der Waals surface area contributed by atoms with E-state index in [2.05, 4.69) is 15.7 Å². The minimum Gasteiger partial charge on any atom is -0.349 e. The Bertz CT molecular complexity index is 336. The number of aromatic nitrogens is 1. The quantitative estimate of drug-likeness (QED) is 0.758. The fourth-order valence-corrected chi connectivity index (χ4v) is 1.93. The number of hydrogen-bond acceptors (Lipinski definition) is 4. The number of aryl methyl sites for hydroxylation is 1. The monoisotopic (exact) mass is 241 g/mol. The summed E-state index contributed by atoms with van der Waals surface area (Å²) in [5.41, 5.74) is 1.13. The lowest BCUT2D eigenvalue weighted by atomic mass is 10.3. The Morgan fingerprint density at radius 1 is 1.50 bits per heavy atom. The summed E-state index contributed by atoms with van der Waals surface area (Å²) in [5.74, 6) is 0.164. The van der Waals surface area contributed by atoms with Crippen molar-refractivity contribution in [2.45, 2.75) is 19.8 Å². The normalized spacial score (nSPS) is 10.4. The maximum Gasteiger partial charge on any atom is 0.223 e. The molecule has 1 aromatic heterocycles. The van der Waals surface area contributed by atoms with Crippen LogP contribution in [0.4, 0.5) is 0 Å². The Morgan fingerprint density at radius 2 is 2.25 bits per heavy atom. The molecular formula is C11H19N3OS. The van der Waals surface area contributed by atoms with Crippen LogP contribution in [0.5, 0.6) is 0 Å². The van der Waals surface area contributed by atoms with Gasteiger partial charge in [0.05, 0.1) is 10.7 Å². The highest BCUT2D eigenvalue weighted by atomic mass is 32.1. The van der Waals surface area contributed by atoms with Gasteiger partial charge in [-0.15, -0.1) is 11.3 Å². The molecule has 0 spiro atoms. The second-order valence-electron chi connectivity index (χ2n) is 3.90. The van der Waals surface area contributed by atoms with E-state index < -0.39 is 0 Å².